The minimum Gasteiger partial charge on any atom is -0.484 e. The van der Waals surface area contributed by atoms with Crippen LogP contribution in [0.4, 0.5) is 0 Å². The van der Waals surface area contributed by atoms with Crippen LogP contribution in [0.25, 0.3) is 0 Å². The highest BCUT2D eigenvalue weighted by atomic mass is 32.2. The van der Waals surface area contributed by atoms with Crippen LogP contribution in [0.5, 0.6) is 5.75 Å². The van der Waals surface area contributed by atoms with Gasteiger partial charge in [0.1, 0.15) is 5.75 Å². The Labute approximate surface area is 156 Å². The van der Waals surface area contributed by atoms with Crippen LogP contribution in [0.2, 0.25) is 0 Å². The molecule has 0 radical (unpaired) electrons. The first-order valence-electron chi connectivity index (χ1n) is 9.03. The molecule has 0 spiro atoms. The topological polar surface area (TPSA) is 75.7 Å². The average Bonchev–Trinajstić information content (AvgIpc) is 2.63. The summed E-state index contributed by atoms with van der Waals surface area (Å²) in [6.45, 7) is 0.906. The molecule has 0 aromatic heterocycles. The van der Waals surface area contributed by atoms with Crippen molar-refractivity contribution >= 4 is 15.9 Å². The van der Waals surface area contributed by atoms with Crippen LogP contribution in [0, 0.1) is 0 Å². The first-order valence-corrected chi connectivity index (χ1v) is 10.9. The van der Waals surface area contributed by atoms with Crippen molar-refractivity contribution in [3.63, 3.8) is 0 Å². The van der Waals surface area contributed by atoms with Crippen LogP contribution in [-0.4, -0.2) is 51.1 Å². The van der Waals surface area contributed by atoms with E-state index in [-0.39, 0.29) is 25.6 Å². The van der Waals surface area contributed by atoms with Gasteiger partial charge >= 0.3 is 0 Å². The third-order valence-electron chi connectivity index (χ3n) is 4.33. The number of benzene rings is 1. The summed E-state index contributed by atoms with van der Waals surface area (Å²) in [5, 5.41) is 2.71. The predicted octanol–water partition coefficient (Wildman–Crippen LogP) is 2.33. The summed E-state index contributed by atoms with van der Waals surface area (Å²) in [4.78, 5) is 11.8. The Bertz CT molecular complexity index is 702. The van der Waals surface area contributed by atoms with E-state index in [1.807, 2.05) is 18.2 Å². The lowest BCUT2D eigenvalue weighted by atomic mass is 9.97. The molecule has 1 amide bonds. The minimum absolute atomic E-state index is 0.0875. The molecule has 2 rings (SSSR count). The maximum atomic E-state index is 12.0. The SMILES string of the molecule is CS(=O)(=O)N(CCNC(=O)COc1ccccc1)CCC1=CCCCC1. The van der Waals surface area contributed by atoms with E-state index in [0.717, 1.165) is 19.3 Å². The first-order chi connectivity index (χ1) is 12.4. The number of hydrogen-bond donors (Lipinski definition) is 1. The lowest BCUT2D eigenvalue weighted by molar-refractivity contribution is -0.123. The molecule has 0 atom stereocenters. The summed E-state index contributed by atoms with van der Waals surface area (Å²) >= 11 is 0. The zero-order valence-electron chi connectivity index (χ0n) is 15.3. The smallest absolute Gasteiger partial charge is 0.257 e. The van der Waals surface area contributed by atoms with Crippen molar-refractivity contribution in [1.82, 2.24) is 9.62 Å². The number of rotatable bonds is 10. The van der Waals surface area contributed by atoms with Gasteiger partial charge in [0, 0.05) is 19.6 Å². The first kappa shape index (κ1) is 20.5. The lowest BCUT2D eigenvalue weighted by Crippen LogP contribution is -2.40. The number of amides is 1. The second kappa shape index (κ2) is 10.3. The average molecular weight is 381 g/mol. The quantitative estimate of drug-likeness (QED) is 0.632. The number of nitrogens with one attached hydrogen (secondary N) is 1. The molecule has 0 fully saturated rings. The fourth-order valence-corrected chi connectivity index (χ4v) is 3.73. The van der Waals surface area contributed by atoms with Crippen molar-refractivity contribution in [3.8, 4) is 5.75 Å². The summed E-state index contributed by atoms with van der Waals surface area (Å²) in [7, 11) is -3.30. The molecule has 7 heteroatoms. The Hall–Kier alpha value is -1.86. The largest absolute Gasteiger partial charge is 0.484 e. The van der Waals surface area contributed by atoms with E-state index in [9.17, 15) is 13.2 Å². The number of para-hydroxylation sites is 1. The Morgan fingerprint density at radius 3 is 2.62 bits per heavy atom. The summed E-state index contributed by atoms with van der Waals surface area (Å²) in [5.74, 6) is 0.360. The van der Waals surface area contributed by atoms with Gasteiger partial charge in [0.25, 0.3) is 5.91 Å². The normalized spacial score (nSPS) is 14.8. The molecular formula is C19H28N2O4S. The van der Waals surface area contributed by atoms with Crippen LogP contribution in [0.3, 0.4) is 0 Å². The second-order valence-corrected chi connectivity index (χ2v) is 8.45. The van der Waals surface area contributed by atoms with Crippen molar-refractivity contribution in [2.75, 3.05) is 32.5 Å². The third kappa shape index (κ3) is 7.58. The van der Waals surface area contributed by atoms with Crippen molar-refractivity contribution < 1.29 is 17.9 Å². The van der Waals surface area contributed by atoms with E-state index >= 15 is 0 Å². The van der Waals surface area contributed by atoms with Gasteiger partial charge in [-0.3, -0.25) is 4.79 Å². The van der Waals surface area contributed by atoms with Gasteiger partial charge in [-0.1, -0.05) is 29.8 Å². The van der Waals surface area contributed by atoms with Crippen LogP contribution < -0.4 is 10.1 Å². The Morgan fingerprint density at radius 2 is 1.96 bits per heavy atom. The summed E-state index contributed by atoms with van der Waals surface area (Å²) in [6.07, 6.45) is 8.75. The lowest BCUT2D eigenvalue weighted by Gasteiger charge is -2.22. The number of nitrogens with zero attached hydrogens (tertiary/aromatic N) is 1. The van der Waals surface area contributed by atoms with E-state index in [1.165, 1.54) is 29.0 Å². The molecule has 1 aromatic rings. The van der Waals surface area contributed by atoms with E-state index in [0.29, 0.717) is 12.3 Å². The fourth-order valence-electron chi connectivity index (χ4n) is 2.88. The van der Waals surface area contributed by atoms with Crippen LogP contribution >= 0.6 is 0 Å². The third-order valence-corrected chi connectivity index (χ3v) is 5.64. The highest BCUT2D eigenvalue weighted by Crippen LogP contribution is 2.20. The van der Waals surface area contributed by atoms with Crippen molar-refractivity contribution in [2.45, 2.75) is 32.1 Å². The Morgan fingerprint density at radius 1 is 1.19 bits per heavy atom. The van der Waals surface area contributed by atoms with Gasteiger partial charge in [0.2, 0.25) is 10.0 Å². The second-order valence-electron chi connectivity index (χ2n) is 6.47. The molecule has 1 aromatic carbocycles. The van der Waals surface area contributed by atoms with E-state index in [2.05, 4.69) is 11.4 Å². The van der Waals surface area contributed by atoms with Gasteiger partial charge in [0.05, 0.1) is 6.26 Å². The molecular weight excluding hydrogens is 352 g/mol. The van der Waals surface area contributed by atoms with Crippen molar-refractivity contribution in [1.29, 1.82) is 0 Å². The van der Waals surface area contributed by atoms with Gasteiger partial charge in [-0.25, -0.2) is 12.7 Å². The number of carbonyl (C=O) groups is 1. The molecule has 26 heavy (non-hydrogen) atoms. The standard InChI is InChI=1S/C19H28N2O4S/c1-26(23,24)21(14-12-17-8-4-2-5-9-17)15-13-20-19(22)16-25-18-10-6-3-7-11-18/h3,6-8,10-11H,2,4-5,9,12-16H2,1H3,(H,20,22). The maximum absolute atomic E-state index is 12.0. The highest BCUT2D eigenvalue weighted by Gasteiger charge is 2.17. The molecule has 0 aliphatic heterocycles. The van der Waals surface area contributed by atoms with E-state index in [4.69, 9.17) is 4.74 Å². The van der Waals surface area contributed by atoms with Crippen LogP contribution in [-0.2, 0) is 14.8 Å². The summed E-state index contributed by atoms with van der Waals surface area (Å²) < 4.78 is 30.7. The van der Waals surface area contributed by atoms with Gasteiger partial charge in [-0.2, -0.15) is 0 Å². The molecule has 1 aliphatic rings. The maximum Gasteiger partial charge on any atom is 0.257 e. The molecule has 0 heterocycles. The highest BCUT2D eigenvalue weighted by molar-refractivity contribution is 7.88. The van der Waals surface area contributed by atoms with Gasteiger partial charge in [0.15, 0.2) is 6.61 Å². The number of sulfonamides is 1. The van der Waals surface area contributed by atoms with Crippen LogP contribution in [0.15, 0.2) is 42.0 Å². The number of ether oxygens (including phenoxy) is 1. The van der Waals surface area contributed by atoms with E-state index < -0.39 is 10.0 Å². The summed E-state index contributed by atoms with van der Waals surface area (Å²) in [5.41, 5.74) is 1.34. The van der Waals surface area contributed by atoms with Crippen molar-refractivity contribution in [2.24, 2.45) is 0 Å². The molecule has 144 valence electrons. The number of allylic oxidation sites excluding steroid dienone is 1. The fraction of sp³-hybridized carbons (Fsp3) is 0.526. The van der Waals surface area contributed by atoms with Crippen LogP contribution in [0.1, 0.15) is 32.1 Å². The number of carbonyl (C=O) groups excluding carboxylic acids is 1. The minimum atomic E-state index is -3.30. The zero-order chi connectivity index (χ0) is 18.8. The van der Waals surface area contributed by atoms with Crippen molar-refractivity contribution in [3.05, 3.63) is 42.0 Å². The zero-order valence-corrected chi connectivity index (χ0v) is 16.1. The molecule has 6 nitrogen and oxygen atoms in total. The molecule has 1 aliphatic carbocycles. The van der Waals surface area contributed by atoms with Gasteiger partial charge < -0.3 is 10.1 Å². The molecule has 0 bridgehead atoms. The Balaban J connectivity index is 1.72. The Kier molecular flexibility index (Phi) is 8.12. The molecule has 0 saturated heterocycles. The van der Waals surface area contributed by atoms with Gasteiger partial charge in [-0.05, 0) is 44.2 Å². The predicted molar refractivity (Wildman–Crippen MR) is 103 cm³/mol. The number of hydrogen-bond acceptors (Lipinski definition) is 4. The monoisotopic (exact) mass is 380 g/mol. The van der Waals surface area contributed by atoms with Gasteiger partial charge in [-0.15, -0.1) is 0 Å². The molecule has 0 saturated carbocycles. The summed E-state index contributed by atoms with van der Waals surface area (Å²) in [6, 6.07) is 9.09. The molecule has 1 N–H and O–H groups in total. The van der Waals surface area contributed by atoms with E-state index in [1.54, 1.807) is 12.1 Å². The molecule has 0 unspecified atom stereocenters.